The van der Waals surface area contributed by atoms with Crippen molar-refractivity contribution in [1.82, 2.24) is 5.48 Å². The van der Waals surface area contributed by atoms with Crippen LogP contribution < -0.4 is 5.48 Å². The van der Waals surface area contributed by atoms with Crippen molar-refractivity contribution in [3.63, 3.8) is 0 Å². The van der Waals surface area contributed by atoms with Crippen LogP contribution in [0.15, 0.2) is 18.2 Å². The molecule has 0 amide bonds. The van der Waals surface area contributed by atoms with Crippen LogP contribution in [0.1, 0.15) is 36.6 Å². The summed E-state index contributed by atoms with van der Waals surface area (Å²) in [4.78, 5) is 5.17. The van der Waals surface area contributed by atoms with Crippen LogP contribution in [0.2, 0.25) is 0 Å². The largest absolute Gasteiger partial charge is 0.302 e. The first-order chi connectivity index (χ1) is 6.65. The minimum Gasteiger partial charge on any atom is -0.302 e. The van der Waals surface area contributed by atoms with Crippen LogP contribution in [-0.4, -0.2) is 6.61 Å². The molecule has 14 heavy (non-hydrogen) atoms. The van der Waals surface area contributed by atoms with Gasteiger partial charge in [-0.25, -0.2) is 0 Å². The highest BCUT2D eigenvalue weighted by Gasteiger charge is 2.05. The van der Waals surface area contributed by atoms with Crippen molar-refractivity contribution in [3.8, 4) is 0 Å². The molecule has 0 spiro atoms. The molecule has 1 unspecified atom stereocenters. The van der Waals surface area contributed by atoms with E-state index < -0.39 is 0 Å². The second-order valence-corrected chi connectivity index (χ2v) is 3.62. The molecule has 0 heterocycles. The van der Waals surface area contributed by atoms with E-state index in [1.165, 1.54) is 16.7 Å². The Labute approximate surface area is 86.2 Å². The molecular formula is C12H19NO. The number of aryl methyl sites for hydroxylation is 2. The van der Waals surface area contributed by atoms with E-state index in [1.807, 2.05) is 6.92 Å². The van der Waals surface area contributed by atoms with Gasteiger partial charge in [0.25, 0.3) is 0 Å². The van der Waals surface area contributed by atoms with E-state index >= 15 is 0 Å². The molecule has 2 nitrogen and oxygen atoms in total. The van der Waals surface area contributed by atoms with Gasteiger partial charge in [0.15, 0.2) is 0 Å². The maximum Gasteiger partial charge on any atom is 0.0654 e. The molecule has 0 fully saturated rings. The quantitative estimate of drug-likeness (QED) is 0.742. The molecule has 0 radical (unpaired) electrons. The molecule has 1 aromatic carbocycles. The first-order valence-electron chi connectivity index (χ1n) is 5.09. The number of nitrogens with one attached hydrogen (secondary N) is 1. The van der Waals surface area contributed by atoms with Gasteiger partial charge < -0.3 is 4.84 Å². The molecule has 1 N–H and O–H groups in total. The maximum atomic E-state index is 5.17. The van der Waals surface area contributed by atoms with Crippen molar-refractivity contribution in [2.75, 3.05) is 6.61 Å². The number of rotatable bonds is 4. The molecule has 78 valence electrons. The predicted molar refractivity (Wildman–Crippen MR) is 59.1 cm³/mol. The summed E-state index contributed by atoms with van der Waals surface area (Å²) in [6, 6.07) is 6.73. The summed E-state index contributed by atoms with van der Waals surface area (Å²) < 4.78 is 0. The van der Waals surface area contributed by atoms with Crippen molar-refractivity contribution in [2.24, 2.45) is 0 Å². The zero-order chi connectivity index (χ0) is 10.6. The van der Waals surface area contributed by atoms with Gasteiger partial charge in [-0.2, -0.15) is 5.48 Å². The summed E-state index contributed by atoms with van der Waals surface area (Å²) in [6.07, 6.45) is 0. The number of benzene rings is 1. The van der Waals surface area contributed by atoms with Gasteiger partial charge in [0.1, 0.15) is 0 Å². The fourth-order valence-electron chi connectivity index (χ4n) is 1.31. The van der Waals surface area contributed by atoms with E-state index in [0.717, 1.165) is 0 Å². The van der Waals surface area contributed by atoms with Crippen molar-refractivity contribution in [2.45, 2.75) is 33.7 Å². The van der Waals surface area contributed by atoms with E-state index in [9.17, 15) is 0 Å². The van der Waals surface area contributed by atoms with Crippen LogP contribution >= 0.6 is 0 Å². The predicted octanol–water partition coefficient (Wildman–Crippen LogP) is 2.91. The molecule has 1 aromatic rings. The van der Waals surface area contributed by atoms with E-state index in [0.29, 0.717) is 6.61 Å². The van der Waals surface area contributed by atoms with Gasteiger partial charge in [-0.1, -0.05) is 18.2 Å². The van der Waals surface area contributed by atoms with Gasteiger partial charge in [0.2, 0.25) is 0 Å². The summed E-state index contributed by atoms with van der Waals surface area (Å²) in [5.74, 6) is 0. The first-order valence-corrected chi connectivity index (χ1v) is 5.09. The Morgan fingerprint density at radius 3 is 2.57 bits per heavy atom. The van der Waals surface area contributed by atoms with Crippen LogP contribution in [0.3, 0.4) is 0 Å². The maximum absolute atomic E-state index is 5.17. The summed E-state index contributed by atoms with van der Waals surface area (Å²) in [5.41, 5.74) is 6.92. The Balaban J connectivity index is 2.70. The average Bonchev–Trinajstić information content (AvgIpc) is 2.18. The fraction of sp³-hybridized carbons (Fsp3) is 0.500. The minimum atomic E-state index is 0.245. The van der Waals surface area contributed by atoms with Crippen molar-refractivity contribution >= 4 is 0 Å². The lowest BCUT2D eigenvalue weighted by atomic mass is 10.0. The monoisotopic (exact) mass is 193 g/mol. The second kappa shape index (κ2) is 5.13. The summed E-state index contributed by atoms with van der Waals surface area (Å²) in [5, 5.41) is 0. The number of hydrogen-bond donors (Lipinski definition) is 1. The Morgan fingerprint density at radius 1 is 1.29 bits per heavy atom. The van der Waals surface area contributed by atoms with E-state index in [-0.39, 0.29) is 6.04 Å². The first kappa shape index (κ1) is 11.2. The molecule has 2 heteroatoms. The van der Waals surface area contributed by atoms with Crippen molar-refractivity contribution < 1.29 is 4.84 Å². The summed E-state index contributed by atoms with van der Waals surface area (Å²) in [7, 11) is 0. The molecule has 0 aromatic heterocycles. The Hall–Kier alpha value is -0.860. The highest BCUT2D eigenvalue weighted by Crippen LogP contribution is 2.16. The third kappa shape index (κ3) is 2.82. The van der Waals surface area contributed by atoms with Crippen molar-refractivity contribution in [1.29, 1.82) is 0 Å². The standard InChI is InChI=1S/C12H19NO/c1-5-14-13-11(4)12-7-6-9(2)10(3)8-12/h6-8,11,13H,5H2,1-4H3. The lowest BCUT2D eigenvalue weighted by Gasteiger charge is -2.14. The van der Waals surface area contributed by atoms with Gasteiger partial charge in [-0.15, -0.1) is 0 Å². The van der Waals surface area contributed by atoms with Crippen LogP contribution in [-0.2, 0) is 4.84 Å². The molecule has 1 atom stereocenters. The van der Waals surface area contributed by atoms with Crippen molar-refractivity contribution in [3.05, 3.63) is 34.9 Å². The van der Waals surface area contributed by atoms with Gasteiger partial charge in [-0.3, -0.25) is 0 Å². The van der Waals surface area contributed by atoms with E-state index in [2.05, 4.69) is 44.5 Å². The Morgan fingerprint density at radius 2 is 2.00 bits per heavy atom. The van der Waals surface area contributed by atoms with Gasteiger partial charge in [-0.05, 0) is 44.4 Å². The third-order valence-electron chi connectivity index (χ3n) is 2.44. The molecule has 0 aliphatic carbocycles. The van der Waals surface area contributed by atoms with Crippen LogP contribution in [0, 0.1) is 13.8 Å². The van der Waals surface area contributed by atoms with Crippen LogP contribution in [0.4, 0.5) is 0 Å². The normalized spacial score (nSPS) is 12.9. The lowest BCUT2D eigenvalue weighted by molar-refractivity contribution is 0.0285. The summed E-state index contributed by atoms with van der Waals surface area (Å²) in [6.45, 7) is 9.01. The Bertz CT molecular complexity index is 296. The minimum absolute atomic E-state index is 0.245. The topological polar surface area (TPSA) is 21.3 Å². The van der Waals surface area contributed by atoms with E-state index in [1.54, 1.807) is 0 Å². The van der Waals surface area contributed by atoms with Crippen LogP contribution in [0.25, 0.3) is 0 Å². The Kier molecular flexibility index (Phi) is 4.11. The van der Waals surface area contributed by atoms with Gasteiger partial charge in [0, 0.05) is 0 Å². The van der Waals surface area contributed by atoms with Gasteiger partial charge in [0.05, 0.1) is 12.6 Å². The molecule has 0 aliphatic rings. The summed E-state index contributed by atoms with van der Waals surface area (Å²) >= 11 is 0. The zero-order valence-corrected chi connectivity index (χ0v) is 9.42. The van der Waals surface area contributed by atoms with Crippen LogP contribution in [0.5, 0.6) is 0 Å². The SMILES string of the molecule is CCONC(C)c1ccc(C)c(C)c1. The molecule has 0 aliphatic heterocycles. The average molecular weight is 193 g/mol. The second-order valence-electron chi connectivity index (χ2n) is 3.62. The number of hydroxylamine groups is 1. The lowest BCUT2D eigenvalue weighted by Crippen LogP contribution is -2.19. The molecule has 0 bridgehead atoms. The molecular weight excluding hydrogens is 174 g/mol. The fourth-order valence-corrected chi connectivity index (χ4v) is 1.31. The highest BCUT2D eigenvalue weighted by atomic mass is 16.6. The number of hydrogen-bond acceptors (Lipinski definition) is 2. The van der Waals surface area contributed by atoms with Gasteiger partial charge >= 0.3 is 0 Å². The third-order valence-corrected chi connectivity index (χ3v) is 2.44. The van der Waals surface area contributed by atoms with E-state index in [4.69, 9.17) is 4.84 Å². The molecule has 0 saturated heterocycles. The molecule has 1 rings (SSSR count). The zero-order valence-electron chi connectivity index (χ0n) is 9.42. The smallest absolute Gasteiger partial charge is 0.0654 e. The molecule has 0 saturated carbocycles. The highest BCUT2D eigenvalue weighted by molar-refractivity contribution is 5.31.